The Balaban J connectivity index is 1.30. The Kier molecular flexibility index (Phi) is 5.96. The standard InChI is InChI=1S/C25H26N6O5/c1-35-20-12-16-18(13-21(20)36-2)29-25(34)31(22(16)26)9-6-27-23(32)19-11-15-10-14(4-5-17(15)28-19)24(33)30-7-3-8-30/h4-5,10-13,28H,3,6-9,26H2,1-2H3,(H,27,32). The number of anilines is 1. The molecule has 0 atom stereocenters. The average molecular weight is 491 g/mol. The van der Waals surface area contributed by atoms with Crippen LogP contribution in [0.5, 0.6) is 11.5 Å². The summed E-state index contributed by atoms with van der Waals surface area (Å²) in [5, 5.41) is 4.11. The lowest BCUT2D eigenvalue weighted by Gasteiger charge is -2.30. The number of aromatic amines is 1. The number of carbonyl (C=O) groups is 2. The lowest BCUT2D eigenvalue weighted by molar-refractivity contribution is 0.0652. The Labute approximate surface area is 205 Å². The SMILES string of the molecule is COc1cc2nc(=O)n(CCNC(=O)c3cc4cc(C(=O)N5CCC5)ccc4[nH]3)c(N)c2cc1OC. The number of amides is 2. The Morgan fingerprint density at radius 2 is 1.86 bits per heavy atom. The quantitative estimate of drug-likeness (QED) is 0.358. The fourth-order valence-corrected chi connectivity index (χ4v) is 4.26. The molecule has 1 aliphatic heterocycles. The summed E-state index contributed by atoms with van der Waals surface area (Å²) in [4.78, 5) is 46.8. The average Bonchev–Trinajstić information content (AvgIpc) is 3.27. The van der Waals surface area contributed by atoms with Crippen LogP contribution in [0.4, 0.5) is 5.82 Å². The molecule has 4 aromatic rings. The van der Waals surface area contributed by atoms with E-state index in [1.165, 1.54) is 18.8 Å². The molecule has 0 radical (unpaired) electrons. The van der Waals surface area contributed by atoms with Crippen LogP contribution in [0.3, 0.4) is 0 Å². The summed E-state index contributed by atoms with van der Waals surface area (Å²) in [5.41, 5.74) is 7.82. The highest BCUT2D eigenvalue weighted by molar-refractivity contribution is 6.02. The number of H-pyrrole nitrogens is 1. The van der Waals surface area contributed by atoms with Gasteiger partial charge in [0.1, 0.15) is 11.5 Å². The molecule has 0 aliphatic carbocycles. The minimum atomic E-state index is -0.536. The lowest BCUT2D eigenvalue weighted by atomic mass is 10.1. The third kappa shape index (κ3) is 4.08. The molecule has 3 heterocycles. The van der Waals surface area contributed by atoms with Crippen LogP contribution in [-0.2, 0) is 6.54 Å². The summed E-state index contributed by atoms with van der Waals surface area (Å²) >= 11 is 0. The number of aromatic nitrogens is 3. The summed E-state index contributed by atoms with van der Waals surface area (Å²) < 4.78 is 11.9. The van der Waals surface area contributed by atoms with Crippen LogP contribution in [0, 0.1) is 0 Å². The van der Waals surface area contributed by atoms with Gasteiger partial charge in [-0.3, -0.25) is 14.2 Å². The van der Waals surface area contributed by atoms with Crippen molar-refractivity contribution < 1.29 is 19.1 Å². The number of ether oxygens (including phenoxy) is 2. The molecule has 1 fully saturated rings. The Hall–Kier alpha value is -4.54. The van der Waals surface area contributed by atoms with Crippen molar-refractivity contribution in [3.05, 3.63) is 58.1 Å². The first-order valence-corrected chi connectivity index (χ1v) is 11.5. The van der Waals surface area contributed by atoms with Gasteiger partial charge < -0.3 is 30.4 Å². The molecule has 2 aromatic carbocycles. The van der Waals surface area contributed by atoms with Crippen molar-refractivity contribution in [2.45, 2.75) is 13.0 Å². The first-order chi connectivity index (χ1) is 17.4. The maximum absolute atomic E-state index is 12.7. The first kappa shape index (κ1) is 23.2. The zero-order valence-corrected chi connectivity index (χ0v) is 20.0. The van der Waals surface area contributed by atoms with E-state index in [1.54, 1.807) is 41.3 Å². The number of carbonyl (C=O) groups excluding carboxylic acids is 2. The molecule has 2 amide bonds. The van der Waals surface area contributed by atoms with Gasteiger partial charge in [-0.2, -0.15) is 4.98 Å². The Morgan fingerprint density at radius 1 is 1.11 bits per heavy atom. The number of nitrogens with one attached hydrogen (secondary N) is 2. The van der Waals surface area contributed by atoms with Crippen molar-refractivity contribution in [2.24, 2.45) is 0 Å². The summed E-state index contributed by atoms with van der Waals surface area (Å²) in [7, 11) is 3.00. The highest BCUT2D eigenvalue weighted by Crippen LogP contribution is 2.32. The fraction of sp³-hybridized carbons (Fsp3) is 0.280. The number of methoxy groups -OCH3 is 2. The molecular weight excluding hydrogens is 464 g/mol. The third-order valence-electron chi connectivity index (χ3n) is 6.39. The van der Waals surface area contributed by atoms with Crippen molar-refractivity contribution in [3.63, 3.8) is 0 Å². The van der Waals surface area contributed by atoms with E-state index in [0.717, 1.165) is 30.4 Å². The van der Waals surface area contributed by atoms with E-state index >= 15 is 0 Å². The zero-order chi connectivity index (χ0) is 25.4. The minimum absolute atomic E-state index is 0.00144. The molecule has 0 unspecified atom stereocenters. The topological polar surface area (TPSA) is 145 Å². The van der Waals surface area contributed by atoms with Crippen LogP contribution in [0.15, 0.2) is 41.2 Å². The van der Waals surface area contributed by atoms with E-state index in [0.29, 0.717) is 33.7 Å². The van der Waals surface area contributed by atoms with Crippen molar-refractivity contribution >= 4 is 39.4 Å². The molecule has 186 valence electrons. The predicted octanol–water partition coefficient (Wildman–Crippen LogP) is 1.75. The zero-order valence-electron chi connectivity index (χ0n) is 20.0. The Morgan fingerprint density at radius 3 is 2.56 bits per heavy atom. The number of fused-ring (bicyclic) bond motifs is 2. The second kappa shape index (κ2) is 9.25. The van der Waals surface area contributed by atoms with Gasteiger partial charge in [-0.05, 0) is 36.8 Å². The molecular formula is C25H26N6O5. The number of nitrogens with two attached hydrogens (primary N) is 1. The third-order valence-corrected chi connectivity index (χ3v) is 6.39. The molecule has 0 spiro atoms. The number of rotatable bonds is 7. The molecule has 2 aromatic heterocycles. The van der Waals surface area contributed by atoms with E-state index in [2.05, 4.69) is 15.3 Å². The monoisotopic (exact) mass is 490 g/mol. The van der Waals surface area contributed by atoms with Crippen molar-refractivity contribution in [1.29, 1.82) is 0 Å². The van der Waals surface area contributed by atoms with Crippen LogP contribution >= 0.6 is 0 Å². The first-order valence-electron chi connectivity index (χ1n) is 11.5. The molecule has 5 rings (SSSR count). The normalized spacial score (nSPS) is 13.0. The number of likely N-dealkylation sites (tertiary alicyclic amines) is 1. The largest absolute Gasteiger partial charge is 0.493 e. The fourth-order valence-electron chi connectivity index (χ4n) is 4.26. The molecule has 0 saturated carbocycles. The number of hydrogen-bond acceptors (Lipinski definition) is 7. The smallest absolute Gasteiger partial charge is 0.349 e. The molecule has 0 bridgehead atoms. The summed E-state index contributed by atoms with van der Waals surface area (Å²) in [5.74, 6) is 0.777. The van der Waals surface area contributed by atoms with Crippen LogP contribution < -0.4 is 26.2 Å². The van der Waals surface area contributed by atoms with Crippen LogP contribution in [0.25, 0.3) is 21.8 Å². The van der Waals surface area contributed by atoms with Gasteiger partial charge in [0.25, 0.3) is 11.8 Å². The number of nitrogen functional groups attached to an aromatic ring is 1. The highest BCUT2D eigenvalue weighted by Gasteiger charge is 2.22. The maximum Gasteiger partial charge on any atom is 0.349 e. The molecule has 4 N–H and O–H groups in total. The van der Waals surface area contributed by atoms with E-state index in [9.17, 15) is 14.4 Å². The predicted molar refractivity (Wildman–Crippen MR) is 135 cm³/mol. The van der Waals surface area contributed by atoms with Crippen molar-refractivity contribution in [3.8, 4) is 11.5 Å². The van der Waals surface area contributed by atoms with E-state index < -0.39 is 5.69 Å². The van der Waals surface area contributed by atoms with Gasteiger partial charge in [0, 0.05) is 54.1 Å². The van der Waals surface area contributed by atoms with Crippen LogP contribution in [-0.4, -0.2) is 65.1 Å². The van der Waals surface area contributed by atoms with Crippen molar-refractivity contribution in [2.75, 3.05) is 39.6 Å². The van der Waals surface area contributed by atoms with Gasteiger partial charge in [-0.1, -0.05) is 0 Å². The summed E-state index contributed by atoms with van der Waals surface area (Å²) in [6.45, 7) is 1.83. The molecule has 1 aliphatic rings. The van der Waals surface area contributed by atoms with E-state index in [1.807, 2.05) is 0 Å². The van der Waals surface area contributed by atoms with Gasteiger partial charge in [0.15, 0.2) is 11.5 Å². The molecule has 11 nitrogen and oxygen atoms in total. The van der Waals surface area contributed by atoms with Gasteiger partial charge in [-0.25, -0.2) is 4.79 Å². The van der Waals surface area contributed by atoms with Crippen LogP contribution in [0.1, 0.15) is 27.3 Å². The van der Waals surface area contributed by atoms with Gasteiger partial charge in [0.2, 0.25) is 0 Å². The summed E-state index contributed by atoms with van der Waals surface area (Å²) in [6.07, 6.45) is 1.03. The van der Waals surface area contributed by atoms with Crippen LogP contribution in [0.2, 0.25) is 0 Å². The molecule has 1 saturated heterocycles. The number of nitrogens with zero attached hydrogens (tertiary/aromatic N) is 3. The lowest BCUT2D eigenvalue weighted by Crippen LogP contribution is -2.41. The van der Waals surface area contributed by atoms with Gasteiger partial charge in [-0.15, -0.1) is 0 Å². The second-order valence-electron chi connectivity index (χ2n) is 8.54. The number of hydrogen-bond donors (Lipinski definition) is 3. The van der Waals surface area contributed by atoms with Gasteiger partial charge in [0.05, 0.1) is 19.7 Å². The van der Waals surface area contributed by atoms with Gasteiger partial charge >= 0.3 is 5.69 Å². The second-order valence-corrected chi connectivity index (χ2v) is 8.54. The van der Waals surface area contributed by atoms with E-state index in [4.69, 9.17) is 15.2 Å². The summed E-state index contributed by atoms with van der Waals surface area (Å²) in [6, 6.07) is 10.3. The maximum atomic E-state index is 12.7. The Bertz CT molecular complexity index is 1550. The molecule has 11 heteroatoms. The number of benzene rings is 2. The van der Waals surface area contributed by atoms with E-state index in [-0.39, 0.29) is 30.7 Å². The van der Waals surface area contributed by atoms with Crippen molar-refractivity contribution in [1.82, 2.24) is 24.8 Å². The highest BCUT2D eigenvalue weighted by atomic mass is 16.5. The molecule has 36 heavy (non-hydrogen) atoms. The minimum Gasteiger partial charge on any atom is -0.493 e.